The Morgan fingerprint density at radius 3 is 2.77 bits per heavy atom. The van der Waals surface area contributed by atoms with Crippen LogP contribution in [0.15, 0.2) is 0 Å². The van der Waals surface area contributed by atoms with Crippen LogP contribution in [-0.4, -0.2) is 39.0 Å². The summed E-state index contributed by atoms with van der Waals surface area (Å²) >= 11 is 0. The Hall–Kier alpha value is 0.160. The molecule has 1 unspecified atom stereocenters. The summed E-state index contributed by atoms with van der Waals surface area (Å²) < 4.78 is 28.5. The zero-order valence-corrected chi connectivity index (χ0v) is 9.14. The summed E-state index contributed by atoms with van der Waals surface area (Å²) in [6.07, 6.45) is 2.75. The number of halogens is 1. The molecule has 1 saturated heterocycles. The van der Waals surface area contributed by atoms with Gasteiger partial charge in [0.05, 0.1) is 6.61 Å². The Bertz CT molecular complexity index is 252. The van der Waals surface area contributed by atoms with E-state index in [-0.39, 0.29) is 6.04 Å². The zero-order chi connectivity index (χ0) is 9.90. The van der Waals surface area contributed by atoms with Crippen molar-refractivity contribution >= 4 is 19.9 Å². The molecule has 0 radical (unpaired) electrons. The largest absolute Gasteiger partial charge is 0.383 e. The number of piperidine rings is 1. The maximum Gasteiger partial charge on any atom is 0.300 e. The van der Waals surface area contributed by atoms with Crippen LogP contribution in [0.4, 0.5) is 0 Å². The third kappa shape index (κ3) is 3.09. The molecule has 0 aromatic carbocycles. The minimum absolute atomic E-state index is 0.0822. The van der Waals surface area contributed by atoms with Gasteiger partial charge in [-0.15, -0.1) is 0 Å². The number of hydrogen-bond donors (Lipinski definition) is 0. The first-order chi connectivity index (χ1) is 6.05. The lowest BCUT2D eigenvalue weighted by atomic mass is 10.1. The van der Waals surface area contributed by atoms with Gasteiger partial charge in [0.25, 0.3) is 9.24 Å². The van der Waals surface area contributed by atoms with Gasteiger partial charge in [0.15, 0.2) is 0 Å². The van der Waals surface area contributed by atoms with Crippen molar-refractivity contribution in [2.75, 3.05) is 20.3 Å². The van der Waals surface area contributed by atoms with E-state index in [1.807, 2.05) is 0 Å². The molecule has 0 aromatic rings. The fourth-order valence-electron chi connectivity index (χ4n) is 1.62. The standard InChI is InChI=1S/C7H14ClNO3S/c1-12-6-7-4-2-3-5-9(7)13(8,10)11/h7H,2-6H2,1H3. The molecule has 1 atom stereocenters. The lowest BCUT2D eigenvalue weighted by Crippen LogP contribution is -2.43. The molecule has 1 heterocycles. The lowest BCUT2D eigenvalue weighted by molar-refractivity contribution is 0.114. The van der Waals surface area contributed by atoms with Crippen LogP contribution in [0.25, 0.3) is 0 Å². The van der Waals surface area contributed by atoms with E-state index < -0.39 is 9.24 Å². The van der Waals surface area contributed by atoms with Crippen molar-refractivity contribution in [3.63, 3.8) is 0 Å². The van der Waals surface area contributed by atoms with Gasteiger partial charge in [-0.1, -0.05) is 6.42 Å². The van der Waals surface area contributed by atoms with Crippen LogP contribution in [-0.2, 0) is 14.0 Å². The topological polar surface area (TPSA) is 46.6 Å². The first-order valence-electron chi connectivity index (χ1n) is 4.26. The fourth-order valence-corrected chi connectivity index (χ4v) is 3.03. The van der Waals surface area contributed by atoms with E-state index in [2.05, 4.69) is 0 Å². The highest BCUT2D eigenvalue weighted by Crippen LogP contribution is 2.22. The third-order valence-electron chi connectivity index (χ3n) is 2.21. The highest BCUT2D eigenvalue weighted by atomic mass is 35.7. The van der Waals surface area contributed by atoms with Crippen molar-refractivity contribution in [2.24, 2.45) is 0 Å². The summed E-state index contributed by atoms with van der Waals surface area (Å²) in [7, 11) is 3.28. The first-order valence-corrected chi connectivity index (χ1v) is 6.52. The van der Waals surface area contributed by atoms with Crippen LogP contribution in [0.2, 0.25) is 0 Å². The number of methoxy groups -OCH3 is 1. The number of hydrogen-bond acceptors (Lipinski definition) is 3. The van der Waals surface area contributed by atoms with Gasteiger partial charge >= 0.3 is 0 Å². The SMILES string of the molecule is COCC1CCCCN1S(=O)(=O)Cl. The van der Waals surface area contributed by atoms with Gasteiger partial charge in [0.1, 0.15) is 0 Å². The van der Waals surface area contributed by atoms with E-state index >= 15 is 0 Å². The second kappa shape index (κ2) is 4.59. The fraction of sp³-hybridized carbons (Fsp3) is 1.00. The molecule has 0 aromatic heterocycles. The first kappa shape index (κ1) is 11.2. The van der Waals surface area contributed by atoms with Crippen LogP contribution in [0.5, 0.6) is 0 Å². The molecule has 4 nitrogen and oxygen atoms in total. The van der Waals surface area contributed by atoms with Crippen LogP contribution in [0.1, 0.15) is 19.3 Å². The second-order valence-corrected chi connectivity index (χ2v) is 5.62. The van der Waals surface area contributed by atoms with Crippen LogP contribution in [0, 0.1) is 0 Å². The number of nitrogens with zero attached hydrogens (tertiary/aromatic N) is 1. The molecule has 6 heteroatoms. The molecule has 1 aliphatic rings. The molecule has 78 valence electrons. The Morgan fingerprint density at radius 1 is 1.54 bits per heavy atom. The minimum Gasteiger partial charge on any atom is -0.383 e. The molecular formula is C7H14ClNO3S. The summed E-state index contributed by atoms with van der Waals surface area (Å²) in [6.45, 7) is 0.936. The van der Waals surface area contributed by atoms with Crippen molar-refractivity contribution in [3.05, 3.63) is 0 Å². The predicted octanol–water partition coefficient (Wildman–Crippen LogP) is 0.971. The lowest BCUT2D eigenvalue weighted by Gasteiger charge is -2.31. The van der Waals surface area contributed by atoms with E-state index in [1.54, 1.807) is 7.11 Å². The summed E-state index contributed by atoms with van der Waals surface area (Å²) in [6, 6.07) is -0.0822. The summed E-state index contributed by atoms with van der Waals surface area (Å²) in [5.74, 6) is 0. The van der Waals surface area contributed by atoms with Crippen LogP contribution >= 0.6 is 10.7 Å². The van der Waals surface area contributed by atoms with E-state index in [1.165, 1.54) is 4.31 Å². The summed E-state index contributed by atoms with van der Waals surface area (Å²) in [5.41, 5.74) is 0. The molecule has 0 spiro atoms. The van der Waals surface area contributed by atoms with E-state index in [9.17, 15) is 8.42 Å². The highest BCUT2D eigenvalue weighted by molar-refractivity contribution is 8.11. The molecule has 1 aliphatic heterocycles. The van der Waals surface area contributed by atoms with Crippen LogP contribution < -0.4 is 0 Å². The van der Waals surface area contributed by atoms with Crippen molar-refractivity contribution in [3.8, 4) is 0 Å². The molecule has 1 rings (SSSR count). The number of rotatable bonds is 3. The van der Waals surface area contributed by atoms with Gasteiger partial charge in [-0.05, 0) is 12.8 Å². The molecular weight excluding hydrogens is 214 g/mol. The Morgan fingerprint density at radius 2 is 2.23 bits per heavy atom. The Balaban J connectivity index is 2.67. The Kier molecular flexibility index (Phi) is 3.97. The molecule has 0 amide bonds. The maximum absolute atomic E-state index is 11.1. The average Bonchev–Trinajstić information content (AvgIpc) is 2.04. The quantitative estimate of drug-likeness (QED) is 0.675. The molecule has 0 bridgehead atoms. The van der Waals surface area contributed by atoms with Crippen molar-refractivity contribution < 1.29 is 13.2 Å². The van der Waals surface area contributed by atoms with Gasteiger partial charge in [0.2, 0.25) is 0 Å². The highest BCUT2D eigenvalue weighted by Gasteiger charge is 2.30. The Labute approximate surface area is 83.4 Å². The smallest absolute Gasteiger partial charge is 0.300 e. The zero-order valence-electron chi connectivity index (χ0n) is 7.57. The predicted molar refractivity (Wildman–Crippen MR) is 51.0 cm³/mol. The normalized spacial score (nSPS) is 26.2. The average molecular weight is 228 g/mol. The van der Waals surface area contributed by atoms with Crippen LogP contribution in [0.3, 0.4) is 0 Å². The molecule has 1 fully saturated rings. The van der Waals surface area contributed by atoms with Gasteiger partial charge < -0.3 is 4.74 Å². The van der Waals surface area contributed by atoms with Crippen molar-refractivity contribution in [1.82, 2.24) is 4.31 Å². The molecule has 0 saturated carbocycles. The monoisotopic (exact) mass is 227 g/mol. The second-order valence-electron chi connectivity index (χ2n) is 3.16. The summed E-state index contributed by atoms with van der Waals surface area (Å²) in [5, 5.41) is 0. The van der Waals surface area contributed by atoms with Gasteiger partial charge in [-0.2, -0.15) is 12.7 Å². The van der Waals surface area contributed by atoms with E-state index in [0.29, 0.717) is 13.2 Å². The summed E-state index contributed by atoms with van der Waals surface area (Å²) in [4.78, 5) is 0. The van der Waals surface area contributed by atoms with E-state index in [4.69, 9.17) is 15.4 Å². The molecule has 0 N–H and O–H groups in total. The third-order valence-corrected chi connectivity index (χ3v) is 3.79. The van der Waals surface area contributed by atoms with E-state index in [0.717, 1.165) is 19.3 Å². The van der Waals surface area contributed by atoms with Crippen molar-refractivity contribution in [1.29, 1.82) is 0 Å². The van der Waals surface area contributed by atoms with Gasteiger partial charge in [-0.25, -0.2) is 0 Å². The van der Waals surface area contributed by atoms with Gasteiger partial charge in [-0.3, -0.25) is 0 Å². The van der Waals surface area contributed by atoms with Crippen molar-refractivity contribution in [2.45, 2.75) is 25.3 Å². The van der Waals surface area contributed by atoms with Gasteiger partial charge in [0, 0.05) is 30.4 Å². The molecule has 13 heavy (non-hydrogen) atoms. The number of ether oxygens (including phenoxy) is 1. The minimum atomic E-state index is -3.57. The molecule has 0 aliphatic carbocycles. The maximum atomic E-state index is 11.1.